The van der Waals surface area contributed by atoms with Crippen molar-refractivity contribution in [2.24, 2.45) is 0 Å². The fourth-order valence-electron chi connectivity index (χ4n) is 3.49. The Balaban J connectivity index is 1.53. The van der Waals surface area contributed by atoms with Crippen LogP contribution in [0.4, 0.5) is 0 Å². The maximum Gasteiger partial charge on any atom is 0.255 e. The smallest absolute Gasteiger partial charge is 0.255 e. The first-order valence-electron chi connectivity index (χ1n) is 10.3. The van der Waals surface area contributed by atoms with Crippen molar-refractivity contribution in [2.45, 2.75) is 6.92 Å². The molecule has 1 aromatic heterocycles. The maximum absolute atomic E-state index is 12.9. The standard InChI is InChI=1S/C26H22N2O4/c1-17-22(29)20-13-8-14-21(24(20)32-23(17)18-9-4-2-5-10-18)26(31)28-16-15-27-25(30)19-11-6-3-7-12-19/h2-14H,15-16H2,1H3,(H,27,30)(H,28,31). The van der Waals surface area contributed by atoms with Gasteiger partial charge in [-0.05, 0) is 31.2 Å². The number of hydrogen-bond acceptors (Lipinski definition) is 4. The minimum Gasteiger partial charge on any atom is -0.455 e. The maximum atomic E-state index is 12.9. The number of para-hydroxylation sites is 1. The van der Waals surface area contributed by atoms with Crippen molar-refractivity contribution in [2.75, 3.05) is 13.1 Å². The number of rotatable bonds is 6. The van der Waals surface area contributed by atoms with Crippen LogP contribution in [-0.2, 0) is 0 Å². The van der Waals surface area contributed by atoms with Gasteiger partial charge in [-0.15, -0.1) is 0 Å². The van der Waals surface area contributed by atoms with Gasteiger partial charge in [-0.1, -0.05) is 54.6 Å². The average molecular weight is 426 g/mol. The minimum atomic E-state index is -0.379. The van der Waals surface area contributed by atoms with E-state index in [4.69, 9.17) is 4.42 Å². The number of amides is 2. The van der Waals surface area contributed by atoms with E-state index >= 15 is 0 Å². The van der Waals surface area contributed by atoms with E-state index in [0.717, 1.165) is 5.56 Å². The van der Waals surface area contributed by atoms with Crippen LogP contribution < -0.4 is 16.1 Å². The molecule has 0 saturated carbocycles. The van der Waals surface area contributed by atoms with Crippen LogP contribution in [0.3, 0.4) is 0 Å². The lowest BCUT2D eigenvalue weighted by Gasteiger charge is -2.11. The van der Waals surface area contributed by atoms with Crippen molar-refractivity contribution >= 4 is 22.8 Å². The molecule has 0 radical (unpaired) electrons. The normalized spacial score (nSPS) is 10.7. The van der Waals surface area contributed by atoms with Gasteiger partial charge in [0.2, 0.25) is 0 Å². The van der Waals surface area contributed by atoms with Crippen LogP contribution >= 0.6 is 0 Å². The molecule has 3 aromatic carbocycles. The van der Waals surface area contributed by atoms with Crippen LogP contribution in [0.25, 0.3) is 22.3 Å². The number of benzene rings is 3. The zero-order valence-corrected chi connectivity index (χ0v) is 17.6. The predicted octanol–water partition coefficient (Wildman–Crippen LogP) is 3.93. The first-order valence-corrected chi connectivity index (χ1v) is 10.3. The minimum absolute atomic E-state index is 0.171. The van der Waals surface area contributed by atoms with Gasteiger partial charge in [-0.3, -0.25) is 14.4 Å². The van der Waals surface area contributed by atoms with Crippen LogP contribution in [-0.4, -0.2) is 24.9 Å². The summed E-state index contributed by atoms with van der Waals surface area (Å²) >= 11 is 0. The second-order valence-corrected chi connectivity index (χ2v) is 7.31. The molecule has 0 spiro atoms. The number of carbonyl (C=O) groups excluding carboxylic acids is 2. The zero-order chi connectivity index (χ0) is 22.5. The number of hydrogen-bond donors (Lipinski definition) is 2. The second kappa shape index (κ2) is 9.31. The van der Waals surface area contributed by atoms with Crippen LogP contribution in [0.1, 0.15) is 26.3 Å². The van der Waals surface area contributed by atoms with Gasteiger partial charge in [-0.2, -0.15) is 0 Å². The quantitative estimate of drug-likeness (QED) is 0.457. The van der Waals surface area contributed by atoms with E-state index in [0.29, 0.717) is 22.3 Å². The van der Waals surface area contributed by atoms with Crippen LogP contribution in [0, 0.1) is 6.92 Å². The SMILES string of the molecule is Cc1c(-c2ccccc2)oc2c(C(=O)NCCNC(=O)c3ccccc3)cccc2c1=O. The van der Waals surface area contributed by atoms with Gasteiger partial charge >= 0.3 is 0 Å². The Hall–Kier alpha value is -4.19. The summed E-state index contributed by atoms with van der Waals surface area (Å²) < 4.78 is 6.08. The Kier molecular flexibility index (Phi) is 6.12. The van der Waals surface area contributed by atoms with Crippen molar-refractivity contribution in [1.29, 1.82) is 0 Å². The summed E-state index contributed by atoms with van der Waals surface area (Å²) in [5.41, 5.74) is 2.15. The third-order valence-electron chi connectivity index (χ3n) is 5.16. The summed E-state index contributed by atoms with van der Waals surface area (Å²) in [5.74, 6) is -0.145. The molecule has 6 heteroatoms. The Labute approximate surface area is 184 Å². The highest BCUT2D eigenvalue weighted by Gasteiger charge is 2.18. The van der Waals surface area contributed by atoms with E-state index in [2.05, 4.69) is 10.6 Å². The fourth-order valence-corrected chi connectivity index (χ4v) is 3.49. The molecule has 0 atom stereocenters. The van der Waals surface area contributed by atoms with Crippen molar-refractivity contribution in [1.82, 2.24) is 10.6 Å². The van der Waals surface area contributed by atoms with Crippen LogP contribution in [0.5, 0.6) is 0 Å². The van der Waals surface area contributed by atoms with E-state index in [1.54, 1.807) is 49.4 Å². The van der Waals surface area contributed by atoms with Crippen molar-refractivity contribution in [3.8, 4) is 11.3 Å². The zero-order valence-electron chi connectivity index (χ0n) is 17.6. The van der Waals surface area contributed by atoms with Gasteiger partial charge in [-0.25, -0.2) is 0 Å². The molecule has 1 heterocycles. The lowest BCUT2D eigenvalue weighted by atomic mass is 10.0. The Morgan fingerprint density at radius 1 is 0.781 bits per heavy atom. The molecule has 2 N–H and O–H groups in total. The molecule has 0 aliphatic carbocycles. The Bertz CT molecular complexity index is 1330. The molecule has 0 saturated heterocycles. The lowest BCUT2D eigenvalue weighted by molar-refractivity contribution is 0.0928. The highest BCUT2D eigenvalue weighted by Crippen LogP contribution is 2.27. The Morgan fingerprint density at radius 3 is 2.09 bits per heavy atom. The average Bonchev–Trinajstić information content (AvgIpc) is 2.84. The van der Waals surface area contributed by atoms with Crippen LogP contribution in [0.2, 0.25) is 0 Å². The first-order chi connectivity index (χ1) is 15.6. The van der Waals surface area contributed by atoms with Crippen molar-refractivity contribution in [3.05, 3.63) is 106 Å². The number of fused-ring (bicyclic) bond motifs is 1. The van der Waals surface area contributed by atoms with E-state index in [1.807, 2.05) is 36.4 Å². The summed E-state index contributed by atoms with van der Waals surface area (Å²) in [6.07, 6.45) is 0. The highest BCUT2D eigenvalue weighted by molar-refractivity contribution is 6.05. The predicted molar refractivity (Wildman–Crippen MR) is 124 cm³/mol. The van der Waals surface area contributed by atoms with Gasteiger partial charge in [0.25, 0.3) is 11.8 Å². The molecule has 4 rings (SSSR count). The largest absolute Gasteiger partial charge is 0.455 e. The monoisotopic (exact) mass is 426 g/mol. The molecular weight excluding hydrogens is 404 g/mol. The van der Waals surface area contributed by atoms with Gasteiger partial charge in [0.05, 0.1) is 10.9 Å². The molecule has 32 heavy (non-hydrogen) atoms. The van der Waals surface area contributed by atoms with E-state index in [-0.39, 0.29) is 41.5 Å². The molecular formula is C26H22N2O4. The number of nitrogens with one attached hydrogen (secondary N) is 2. The van der Waals surface area contributed by atoms with Crippen molar-refractivity contribution in [3.63, 3.8) is 0 Å². The van der Waals surface area contributed by atoms with E-state index in [9.17, 15) is 14.4 Å². The Morgan fingerprint density at radius 2 is 1.41 bits per heavy atom. The van der Waals surface area contributed by atoms with Gasteiger partial charge in [0, 0.05) is 29.8 Å². The van der Waals surface area contributed by atoms with Gasteiger partial charge in [0.1, 0.15) is 5.76 Å². The third kappa shape index (κ3) is 4.30. The van der Waals surface area contributed by atoms with Gasteiger partial charge < -0.3 is 15.1 Å². The summed E-state index contributed by atoms with van der Waals surface area (Å²) in [6, 6.07) is 23.1. The van der Waals surface area contributed by atoms with Gasteiger partial charge in [0.15, 0.2) is 11.0 Å². The van der Waals surface area contributed by atoms with E-state index < -0.39 is 0 Å². The molecule has 160 valence electrons. The summed E-state index contributed by atoms with van der Waals surface area (Å²) in [4.78, 5) is 37.9. The molecule has 2 amide bonds. The fraction of sp³-hybridized carbons (Fsp3) is 0.115. The first kappa shape index (κ1) is 21.1. The second-order valence-electron chi connectivity index (χ2n) is 7.31. The van der Waals surface area contributed by atoms with E-state index in [1.165, 1.54) is 0 Å². The van der Waals surface area contributed by atoms with Crippen LogP contribution in [0.15, 0.2) is 88.1 Å². The summed E-state index contributed by atoms with van der Waals surface area (Å²) in [5, 5.41) is 5.89. The molecule has 0 fully saturated rings. The molecule has 0 unspecified atom stereocenters. The molecule has 0 aliphatic heterocycles. The molecule has 0 aliphatic rings. The number of carbonyl (C=O) groups is 2. The summed E-state index contributed by atoms with van der Waals surface area (Å²) in [6.45, 7) is 2.22. The molecule has 6 nitrogen and oxygen atoms in total. The molecule has 4 aromatic rings. The third-order valence-corrected chi connectivity index (χ3v) is 5.16. The molecule has 0 bridgehead atoms. The highest BCUT2D eigenvalue weighted by atomic mass is 16.3. The van der Waals surface area contributed by atoms with Crippen molar-refractivity contribution < 1.29 is 14.0 Å². The lowest BCUT2D eigenvalue weighted by Crippen LogP contribution is -2.34. The topological polar surface area (TPSA) is 88.4 Å². The summed E-state index contributed by atoms with van der Waals surface area (Å²) in [7, 11) is 0.